The second-order valence-electron chi connectivity index (χ2n) is 3.92. The minimum absolute atomic E-state index is 0.0115. The Bertz CT molecular complexity index is 406. The molecule has 4 heteroatoms. The van der Waals surface area contributed by atoms with Gasteiger partial charge in [-0.3, -0.25) is 4.79 Å². The van der Waals surface area contributed by atoms with Crippen LogP contribution in [0.2, 0.25) is 0 Å². The summed E-state index contributed by atoms with van der Waals surface area (Å²) in [5.74, 6) is -0.835. The number of amides is 1. The van der Waals surface area contributed by atoms with Crippen molar-refractivity contribution in [2.45, 2.75) is 25.4 Å². The first-order valence-corrected chi connectivity index (χ1v) is 4.91. The molecule has 3 nitrogen and oxygen atoms in total. The summed E-state index contributed by atoms with van der Waals surface area (Å²) in [5.41, 5.74) is 6.12. The number of nitrogens with one attached hydrogen (secondary N) is 1. The monoisotopic (exact) mass is 208 g/mol. The Morgan fingerprint density at radius 2 is 2.27 bits per heavy atom. The fourth-order valence-corrected chi connectivity index (χ4v) is 1.45. The Kier molecular flexibility index (Phi) is 2.44. The van der Waals surface area contributed by atoms with Crippen LogP contribution in [0.5, 0.6) is 0 Å². The quantitative estimate of drug-likeness (QED) is 0.760. The molecule has 1 fully saturated rings. The minimum atomic E-state index is -0.454. The Labute approximate surface area is 87.5 Å². The molecule has 0 aromatic heterocycles. The summed E-state index contributed by atoms with van der Waals surface area (Å²) in [5, 5.41) is 2.68. The van der Waals surface area contributed by atoms with Crippen molar-refractivity contribution in [1.29, 1.82) is 0 Å². The summed E-state index contributed by atoms with van der Waals surface area (Å²) in [7, 11) is 0. The molecule has 1 aliphatic rings. The third-order valence-corrected chi connectivity index (χ3v) is 2.59. The van der Waals surface area contributed by atoms with Gasteiger partial charge in [-0.15, -0.1) is 0 Å². The molecule has 15 heavy (non-hydrogen) atoms. The van der Waals surface area contributed by atoms with Crippen LogP contribution >= 0.6 is 0 Å². The number of carbonyl (C=O) groups is 1. The second-order valence-corrected chi connectivity index (χ2v) is 3.92. The number of aryl methyl sites for hydroxylation is 1. The maximum atomic E-state index is 13.5. The van der Waals surface area contributed by atoms with E-state index in [2.05, 4.69) is 5.32 Å². The van der Waals surface area contributed by atoms with E-state index in [-0.39, 0.29) is 23.6 Å². The number of hydrogen-bond donors (Lipinski definition) is 2. The van der Waals surface area contributed by atoms with Crippen LogP contribution < -0.4 is 11.1 Å². The number of carbonyl (C=O) groups excluding carboxylic acids is 1. The standard InChI is InChI=1S/C11H13FN2O/c1-6-3-2-4-7(10(6)12)11(15)14-9-5-8(9)13/h2-4,8-9H,5,13H2,1H3,(H,14,15). The van der Waals surface area contributed by atoms with Gasteiger partial charge in [0.05, 0.1) is 5.56 Å². The molecule has 2 atom stereocenters. The lowest BCUT2D eigenvalue weighted by atomic mass is 10.1. The average Bonchev–Trinajstić information content (AvgIpc) is 2.86. The van der Waals surface area contributed by atoms with E-state index in [0.29, 0.717) is 5.56 Å². The SMILES string of the molecule is Cc1cccc(C(=O)NC2CC2N)c1F. The molecule has 2 unspecified atom stereocenters. The second kappa shape index (κ2) is 3.62. The number of hydrogen-bond acceptors (Lipinski definition) is 2. The summed E-state index contributed by atoms with van der Waals surface area (Å²) in [6, 6.07) is 4.82. The van der Waals surface area contributed by atoms with Gasteiger partial charge < -0.3 is 11.1 Å². The zero-order valence-corrected chi connectivity index (χ0v) is 8.46. The van der Waals surface area contributed by atoms with Gasteiger partial charge in [0.15, 0.2) is 0 Å². The summed E-state index contributed by atoms with van der Waals surface area (Å²) < 4.78 is 13.5. The van der Waals surface area contributed by atoms with Gasteiger partial charge in [0, 0.05) is 12.1 Å². The Morgan fingerprint density at radius 3 is 2.87 bits per heavy atom. The largest absolute Gasteiger partial charge is 0.348 e. The number of benzene rings is 1. The van der Waals surface area contributed by atoms with Crippen LogP contribution in [0.4, 0.5) is 4.39 Å². The van der Waals surface area contributed by atoms with E-state index in [1.165, 1.54) is 6.07 Å². The van der Waals surface area contributed by atoms with Gasteiger partial charge in [-0.2, -0.15) is 0 Å². The molecule has 0 bridgehead atoms. The van der Waals surface area contributed by atoms with Crippen molar-refractivity contribution in [1.82, 2.24) is 5.32 Å². The van der Waals surface area contributed by atoms with Crippen LogP contribution in [0.25, 0.3) is 0 Å². The van der Waals surface area contributed by atoms with Gasteiger partial charge in [-0.25, -0.2) is 4.39 Å². The van der Waals surface area contributed by atoms with E-state index in [1.807, 2.05) is 0 Å². The molecule has 80 valence electrons. The molecule has 1 amide bonds. The molecule has 0 heterocycles. The van der Waals surface area contributed by atoms with Gasteiger partial charge in [0.25, 0.3) is 5.91 Å². The van der Waals surface area contributed by atoms with Crippen molar-refractivity contribution in [3.63, 3.8) is 0 Å². The van der Waals surface area contributed by atoms with E-state index in [4.69, 9.17) is 5.73 Å². The molecule has 1 aliphatic carbocycles. The molecule has 0 radical (unpaired) electrons. The smallest absolute Gasteiger partial charge is 0.254 e. The first kappa shape index (κ1) is 10.1. The summed E-state index contributed by atoms with van der Waals surface area (Å²) in [6.07, 6.45) is 0.777. The fraction of sp³-hybridized carbons (Fsp3) is 0.364. The van der Waals surface area contributed by atoms with Gasteiger partial charge in [-0.05, 0) is 25.0 Å². The highest BCUT2D eigenvalue weighted by molar-refractivity contribution is 5.95. The molecule has 0 spiro atoms. The third kappa shape index (κ3) is 1.99. The highest BCUT2D eigenvalue weighted by Gasteiger charge is 2.35. The van der Waals surface area contributed by atoms with Crippen LogP contribution in [-0.4, -0.2) is 18.0 Å². The molecule has 2 rings (SSSR count). The van der Waals surface area contributed by atoms with Crippen LogP contribution in [-0.2, 0) is 0 Å². The zero-order valence-electron chi connectivity index (χ0n) is 8.46. The maximum Gasteiger partial charge on any atom is 0.254 e. The normalized spacial score (nSPS) is 23.7. The zero-order chi connectivity index (χ0) is 11.0. The Morgan fingerprint density at radius 1 is 1.60 bits per heavy atom. The van der Waals surface area contributed by atoms with Gasteiger partial charge >= 0.3 is 0 Å². The van der Waals surface area contributed by atoms with Crippen molar-refractivity contribution in [2.75, 3.05) is 0 Å². The molecule has 3 N–H and O–H groups in total. The van der Waals surface area contributed by atoms with Crippen LogP contribution in [0.15, 0.2) is 18.2 Å². The molecular formula is C11H13FN2O. The lowest BCUT2D eigenvalue weighted by Crippen LogP contribution is -2.30. The van der Waals surface area contributed by atoms with E-state index in [9.17, 15) is 9.18 Å². The Hall–Kier alpha value is -1.42. The van der Waals surface area contributed by atoms with Crippen molar-refractivity contribution in [3.05, 3.63) is 35.1 Å². The molecule has 0 saturated heterocycles. The Balaban J connectivity index is 2.14. The molecule has 0 aliphatic heterocycles. The average molecular weight is 208 g/mol. The lowest BCUT2D eigenvalue weighted by Gasteiger charge is -2.06. The number of nitrogens with two attached hydrogens (primary N) is 1. The highest BCUT2D eigenvalue weighted by atomic mass is 19.1. The van der Waals surface area contributed by atoms with Crippen LogP contribution in [0.3, 0.4) is 0 Å². The first-order chi connectivity index (χ1) is 7.09. The third-order valence-electron chi connectivity index (χ3n) is 2.59. The van der Waals surface area contributed by atoms with Crippen molar-refractivity contribution < 1.29 is 9.18 Å². The topological polar surface area (TPSA) is 55.1 Å². The van der Waals surface area contributed by atoms with E-state index in [0.717, 1.165) is 6.42 Å². The van der Waals surface area contributed by atoms with Crippen LogP contribution in [0.1, 0.15) is 22.3 Å². The lowest BCUT2D eigenvalue weighted by molar-refractivity contribution is 0.0946. The minimum Gasteiger partial charge on any atom is -0.348 e. The van der Waals surface area contributed by atoms with Gasteiger partial charge in [0.1, 0.15) is 5.82 Å². The molecule has 1 aromatic rings. The van der Waals surface area contributed by atoms with Crippen molar-refractivity contribution >= 4 is 5.91 Å². The van der Waals surface area contributed by atoms with E-state index < -0.39 is 5.82 Å². The van der Waals surface area contributed by atoms with Crippen molar-refractivity contribution in [3.8, 4) is 0 Å². The summed E-state index contributed by atoms with van der Waals surface area (Å²) in [4.78, 5) is 11.6. The van der Waals surface area contributed by atoms with Crippen molar-refractivity contribution in [2.24, 2.45) is 5.73 Å². The fourth-order valence-electron chi connectivity index (χ4n) is 1.45. The molecular weight excluding hydrogens is 195 g/mol. The highest BCUT2D eigenvalue weighted by Crippen LogP contribution is 2.19. The van der Waals surface area contributed by atoms with E-state index >= 15 is 0 Å². The maximum absolute atomic E-state index is 13.5. The summed E-state index contributed by atoms with van der Waals surface area (Å²) >= 11 is 0. The molecule has 1 aromatic carbocycles. The molecule has 1 saturated carbocycles. The van der Waals surface area contributed by atoms with Crippen LogP contribution in [0, 0.1) is 12.7 Å². The number of rotatable bonds is 2. The van der Waals surface area contributed by atoms with Gasteiger partial charge in [0.2, 0.25) is 0 Å². The number of halogens is 1. The first-order valence-electron chi connectivity index (χ1n) is 4.91. The predicted molar refractivity (Wildman–Crippen MR) is 55.0 cm³/mol. The summed E-state index contributed by atoms with van der Waals surface area (Å²) in [6.45, 7) is 1.63. The van der Waals surface area contributed by atoms with Gasteiger partial charge in [-0.1, -0.05) is 12.1 Å². The predicted octanol–water partition coefficient (Wildman–Crippen LogP) is 0.964. The van der Waals surface area contributed by atoms with E-state index in [1.54, 1.807) is 19.1 Å².